The molecule has 0 bridgehead atoms. The van der Waals surface area contributed by atoms with Crippen LogP contribution < -0.4 is 10.6 Å². The van der Waals surface area contributed by atoms with Crippen LogP contribution in [0, 0.1) is 0 Å². The Labute approximate surface area is 148 Å². The van der Waals surface area contributed by atoms with Crippen LogP contribution in [0.25, 0.3) is 5.78 Å². The maximum absolute atomic E-state index is 12.1. The fourth-order valence-corrected chi connectivity index (χ4v) is 2.76. The van der Waals surface area contributed by atoms with Gasteiger partial charge >= 0.3 is 6.03 Å². The standard InChI is InChI=1S/C16H16N6O2S/c1-11(25-16-20-14-17-8-5-9-22(14)21-16)13(23)19-15(24)18-10-12-6-3-2-4-7-12/h2-9,11H,10H2,1H3,(H2,18,19,23,24)/t11-/m0/s1. The van der Waals surface area contributed by atoms with Gasteiger partial charge in [0.25, 0.3) is 5.78 Å². The summed E-state index contributed by atoms with van der Waals surface area (Å²) in [5.74, 6) is 0.0422. The Hall–Kier alpha value is -2.94. The highest BCUT2D eigenvalue weighted by atomic mass is 32.2. The first-order chi connectivity index (χ1) is 12.1. The molecule has 2 N–H and O–H groups in total. The molecule has 2 heterocycles. The molecular formula is C16H16N6O2S. The van der Waals surface area contributed by atoms with Crippen LogP contribution in [0.1, 0.15) is 12.5 Å². The molecule has 25 heavy (non-hydrogen) atoms. The minimum absolute atomic E-state index is 0.348. The lowest BCUT2D eigenvalue weighted by atomic mass is 10.2. The highest BCUT2D eigenvalue weighted by Gasteiger charge is 2.19. The van der Waals surface area contributed by atoms with Crippen molar-refractivity contribution in [3.8, 4) is 0 Å². The molecule has 128 valence electrons. The molecule has 0 aliphatic heterocycles. The molecule has 1 atom stereocenters. The van der Waals surface area contributed by atoms with Crippen LogP contribution in [0.5, 0.6) is 0 Å². The minimum atomic E-state index is -0.536. The first-order valence-corrected chi connectivity index (χ1v) is 8.46. The van der Waals surface area contributed by atoms with Crippen molar-refractivity contribution in [3.63, 3.8) is 0 Å². The molecule has 3 aromatic rings. The van der Waals surface area contributed by atoms with Gasteiger partial charge in [-0.3, -0.25) is 10.1 Å². The van der Waals surface area contributed by atoms with Crippen molar-refractivity contribution in [3.05, 3.63) is 54.4 Å². The van der Waals surface area contributed by atoms with Gasteiger partial charge in [-0.25, -0.2) is 14.3 Å². The van der Waals surface area contributed by atoms with E-state index in [9.17, 15) is 9.59 Å². The van der Waals surface area contributed by atoms with Gasteiger partial charge in [-0.15, -0.1) is 5.10 Å². The molecule has 9 heteroatoms. The van der Waals surface area contributed by atoms with Crippen LogP contribution >= 0.6 is 11.8 Å². The third-order valence-corrected chi connectivity index (χ3v) is 4.23. The van der Waals surface area contributed by atoms with Crippen LogP contribution in [-0.2, 0) is 11.3 Å². The monoisotopic (exact) mass is 356 g/mol. The number of imide groups is 1. The maximum Gasteiger partial charge on any atom is 0.321 e. The zero-order chi connectivity index (χ0) is 17.6. The largest absolute Gasteiger partial charge is 0.334 e. The van der Waals surface area contributed by atoms with Gasteiger partial charge in [0.2, 0.25) is 11.1 Å². The van der Waals surface area contributed by atoms with Crippen molar-refractivity contribution < 1.29 is 9.59 Å². The third kappa shape index (κ3) is 4.54. The van der Waals surface area contributed by atoms with E-state index in [1.165, 1.54) is 4.52 Å². The van der Waals surface area contributed by atoms with Crippen LogP contribution in [0.3, 0.4) is 0 Å². The number of carbonyl (C=O) groups excluding carboxylic acids is 2. The quantitative estimate of drug-likeness (QED) is 0.674. The molecule has 0 fully saturated rings. The zero-order valence-corrected chi connectivity index (χ0v) is 14.2. The van der Waals surface area contributed by atoms with E-state index in [1.54, 1.807) is 25.4 Å². The average Bonchev–Trinajstić information content (AvgIpc) is 3.03. The van der Waals surface area contributed by atoms with E-state index in [0.29, 0.717) is 17.5 Å². The zero-order valence-electron chi connectivity index (χ0n) is 13.4. The molecule has 1 aromatic carbocycles. The summed E-state index contributed by atoms with van der Waals surface area (Å²) >= 11 is 1.16. The first kappa shape index (κ1) is 16.9. The first-order valence-electron chi connectivity index (χ1n) is 7.58. The summed E-state index contributed by atoms with van der Waals surface area (Å²) in [6.45, 7) is 2.03. The molecule has 0 saturated heterocycles. The molecule has 0 aliphatic carbocycles. The summed E-state index contributed by atoms with van der Waals surface area (Å²) < 4.78 is 1.53. The second-order valence-electron chi connectivity index (χ2n) is 5.18. The molecule has 2 aromatic heterocycles. The number of urea groups is 1. The number of hydrogen-bond donors (Lipinski definition) is 2. The van der Waals surface area contributed by atoms with Crippen molar-refractivity contribution in [1.29, 1.82) is 0 Å². The molecule has 8 nitrogen and oxygen atoms in total. The molecule has 0 spiro atoms. The fraction of sp³-hybridized carbons (Fsp3) is 0.188. The van der Waals surface area contributed by atoms with Crippen LogP contribution in [0.15, 0.2) is 53.9 Å². The molecule has 0 unspecified atom stereocenters. The molecule has 3 amide bonds. The number of carbonyl (C=O) groups is 2. The van der Waals surface area contributed by atoms with Gasteiger partial charge < -0.3 is 5.32 Å². The lowest BCUT2D eigenvalue weighted by molar-refractivity contribution is -0.119. The van der Waals surface area contributed by atoms with Gasteiger partial charge in [0.05, 0.1) is 5.25 Å². The number of amides is 3. The summed E-state index contributed by atoms with van der Waals surface area (Å²) in [4.78, 5) is 32.2. The van der Waals surface area contributed by atoms with E-state index in [-0.39, 0.29) is 0 Å². The number of hydrogen-bond acceptors (Lipinski definition) is 6. The predicted molar refractivity (Wildman–Crippen MR) is 92.9 cm³/mol. The van der Waals surface area contributed by atoms with E-state index in [4.69, 9.17) is 0 Å². The van der Waals surface area contributed by atoms with E-state index in [1.807, 2.05) is 30.3 Å². The molecular weight excluding hydrogens is 340 g/mol. The van der Waals surface area contributed by atoms with Gasteiger partial charge in [-0.2, -0.15) is 4.98 Å². The molecule has 0 aliphatic rings. The van der Waals surface area contributed by atoms with Gasteiger partial charge in [0.15, 0.2) is 0 Å². The lowest BCUT2D eigenvalue weighted by Gasteiger charge is -2.10. The third-order valence-electron chi connectivity index (χ3n) is 3.28. The van der Waals surface area contributed by atoms with Crippen molar-refractivity contribution in [2.24, 2.45) is 0 Å². The van der Waals surface area contributed by atoms with Crippen molar-refractivity contribution in [2.45, 2.75) is 23.9 Å². The van der Waals surface area contributed by atoms with Gasteiger partial charge in [-0.1, -0.05) is 42.1 Å². The van der Waals surface area contributed by atoms with Crippen molar-refractivity contribution in [2.75, 3.05) is 0 Å². The Kier molecular flexibility index (Phi) is 5.24. The van der Waals surface area contributed by atoms with Crippen LogP contribution in [-0.4, -0.2) is 36.8 Å². The molecule has 0 saturated carbocycles. The smallest absolute Gasteiger partial charge is 0.321 e. The minimum Gasteiger partial charge on any atom is -0.334 e. The van der Waals surface area contributed by atoms with Gasteiger partial charge in [0.1, 0.15) is 0 Å². The Morgan fingerprint density at radius 3 is 2.80 bits per heavy atom. The summed E-state index contributed by atoms with van der Waals surface area (Å²) in [6, 6.07) is 10.7. The topological polar surface area (TPSA) is 101 Å². The summed E-state index contributed by atoms with van der Waals surface area (Å²) in [5.41, 5.74) is 0.953. The predicted octanol–water partition coefficient (Wildman–Crippen LogP) is 1.63. The Morgan fingerprint density at radius 2 is 2.04 bits per heavy atom. The second-order valence-corrected chi connectivity index (χ2v) is 6.48. The van der Waals surface area contributed by atoms with E-state index in [2.05, 4.69) is 25.7 Å². The van der Waals surface area contributed by atoms with Gasteiger partial charge in [0, 0.05) is 18.9 Å². The SMILES string of the molecule is C[C@H](Sc1nc2ncccn2n1)C(=O)NC(=O)NCc1ccccc1. The number of nitrogens with one attached hydrogen (secondary N) is 2. The van der Waals surface area contributed by atoms with Crippen LogP contribution in [0.4, 0.5) is 4.79 Å². The molecule has 3 rings (SSSR count). The number of fused-ring (bicyclic) bond motifs is 1. The average molecular weight is 356 g/mol. The Bertz CT molecular complexity index is 849. The van der Waals surface area contributed by atoms with E-state index in [0.717, 1.165) is 17.3 Å². The Morgan fingerprint density at radius 1 is 1.24 bits per heavy atom. The van der Waals surface area contributed by atoms with Crippen molar-refractivity contribution >= 4 is 29.5 Å². The summed E-state index contributed by atoms with van der Waals surface area (Å²) in [6.07, 6.45) is 3.34. The number of nitrogens with zero attached hydrogens (tertiary/aromatic N) is 4. The number of rotatable bonds is 5. The fourth-order valence-electron chi connectivity index (χ4n) is 2.01. The van der Waals surface area contributed by atoms with E-state index < -0.39 is 17.2 Å². The molecule has 0 radical (unpaired) electrons. The van der Waals surface area contributed by atoms with Crippen LogP contribution in [0.2, 0.25) is 0 Å². The second kappa shape index (κ2) is 7.75. The summed E-state index contributed by atoms with van der Waals surface area (Å²) in [5, 5.41) is 9.07. The number of thioether (sulfide) groups is 1. The normalized spacial score (nSPS) is 11.9. The van der Waals surface area contributed by atoms with Gasteiger partial charge in [-0.05, 0) is 18.6 Å². The van der Waals surface area contributed by atoms with E-state index >= 15 is 0 Å². The lowest BCUT2D eigenvalue weighted by Crippen LogP contribution is -2.42. The van der Waals surface area contributed by atoms with Crippen molar-refractivity contribution in [1.82, 2.24) is 30.2 Å². The number of aromatic nitrogens is 4. The maximum atomic E-state index is 12.1. The summed E-state index contributed by atoms with van der Waals surface area (Å²) in [7, 11) is 0. The number of benzene rings is 1. The highest BCUT2D eigenvalue weighted by molar-refractivity contribution is 8.00. The highest BCUT2D eigenvalue weighted by Crippen LogP contribution is 2.19. The Balaban J connectivity index is 1.50.